The molecule has 1 unspecified atom stereocenters. The summed E-state index contributed by atoms with van der Waals surface area (Å²) in [5.41, 5.74) is 0.599. The summed E-state index contributed by atoms with van der Waals surface area (Å²) in [6, 6.07) is 6.66. The van der Waals surface area contributed by atoms with Crippen molar-refractivity contribution in [2.45, 2.75) is 24.5 Å². The normalized spacial score (nSPS) is 20.6. The number of methoxy groups -OCH3 is 1. The van der Waals surface area contributed by atoms with E-state index < -0.39 is 0 Å². The van der Waals surface area contributed by atoms with E-state index in [9.17, 15) is 4.39 Å². The predicted molar refractivity (Wildman–Crippen MR) is 68.0 cm³/mol. The Morgan fingerprint density at radius 3 is 2.67 bits per heavy atom. The molecule has 18 heavy (non-hydrogen) atoms. The summed E-state index contributed by atoms with van der Waals surface area (Å²) in [6.45, 7) is 1.36. The molecule has 100 valence electrons. The number of nitrogens with one attached hydrogen (secondary N) is 1. The predicted octanol–water partition coefficient (Wildman–Crippen LogP) is 2.28. The first-order valence-corrected chi connectivity index (χ1v) is 6.27. The number of rotatable bonds is 4. The average molecular weight is 253 g/mol. The standard InChI is InChI=1S/C14H20FNO2/c1-16-13(11-4-3-5-12(15)10-11)14(17-2)6-8-18-9-7-14/h3-5,10,13,16H,6-9H2,1-2H3. The number of hydrogen-bond donors (Lipinski definition) is 1. The summed E-state index contributed by atoms with van der Waals surface area (Å²) < 4.78 is 24.5. The second-order valence-corrected chi connectivity index (χ2v) is 4.66. The van der Waals surface area contributed by atoms with Crippen LogP contribution in [-0.4, -0.2) is 33.0 Å². The van der Waals surface area contributed by atoms with Gasteiger partial charge in [-0.25, -0.2) is 4.39 Å². The van der Waals surface area contributed by atoms with Crippen molar-refractivity contribution < 1.29 is 13.9 Å². The van der Waals surface area contributed by atoms with Gasteiger partial charge in [0.2, 0.25) is 0 Å². The molecule has 0 radical (unpaired) electrons. The van der Waals surface area contributed by atoms with E-state index in [4.69, 9.17) is 9.47 Å². The molecular weight excluding hydrogens is 233 g/mol. The van der Waals surface area contributed by atoms with Crippen molar-refractivity contribution in [3.63, 3.8) is 0 Å². The van der Waals surface area contributed by atoms with Crippen molar-refractivity contribution in [2.24, 2.45) is 0 Å². The van der Waals surface area contributed by atoms with Gasteiger partial charge in [-0.05, 0) is 24.7 Å². The van der Waals surface area contributed by atoms with Crippen LogP contribution >= 0.6 is 0 Å². The minimum absolute atomic E-state index is 0.0258. The molecule has 0 saturated carbocycles. The first-order chi connectivity index (χ1) is 8.72. The third kappa shape index (κ3) is 2.55. The van der Waals surface area contributed by atoms with Crippen molar-refractivity contribution in [1.29, 1.82) is 0 Å². The minimum atomic E-state index is -0.319. The van der Waals surface area contributed by atoms with E-state index in [-0.39, 0.29) is 17.5 Å². The molecule has 0 spiro atoms. The zero-order valence-electron chi connectivity index (χ0n) is 10.9. The first kappa shape index (κ1) is 13.5. The van der Waals surface area contributed by atoms with Gasteiger partial charge in [-0.1, -0.05) is 12.1 Å². The summed E-state index contributed by atoms with van der Waals surface area (Å²) in [5, 5.41) is 3.26. The fraction of sp³-hybridized carbons (Fsp3) is 0.571. The van der Waals surface area contributed by atoms with E-state index in [1.165, 1.54) is 6.07 Å². The maximum Gasteiger partial charge on any atom is 0.123 e. The Kier molecular flexibility index (Phi) is 4.32. The molecule has 1 atom stereocenters. The van der Waals surface area contributed by atoms with Crippen molar-refractivity contribution in [1.82, 2.24) is 5.32 Å². The third-order valence-corrected chi connectivity index (χ3v) is 3.74. The Hall–Kier alpha value is -0.970. The highest BCUT2D eigenvalue weighted by Crippen LogP contribution is 2.37. The summed E-state index contributed by atoms with van der Waals surface area (Å²) in [7, 11) is 3.60. The Morgan fingerprint density at radius 1 is 1.39 bits per heavy atom. The lowest BCUT2D eigenvalue weighted by Gasteiger charge is -2.42. The van der Waals surface area contributed by atoms with Gasteiger partial charge in [0, 0.05) is 33.2 Å². The van der Waals surface area contributed by atoms with Gasteiger partial charge in [0.25, 0.3) is 0 Å². The second kappa shape index (κ2) is 5.78. The highest BCUT2D eigenvalue weighted by molar-refractivity contribution is 5.23. The molecule has 0 bridgehead atoms. The molecule has 4 heteroatoms. The number of halogens is 1. The minimum Gasteiger partial charge on any atom is -0.381 e. The molecule has 1 aliphatic rings. The number of ether oxygens (including phenoxy) is 2. The highest BCUT2D eigenvalue weighted by Gasteiger charge is 2.40. The lowest BCUT2D eigenvalue weighted by atomic mass is 9.82. The molecule has 1 N–H and O–H groups in total. The zero-order valence-corrected chi connectivity index (χ0v) is 10.9. The van der Waals surface area contributed by atoms with Crippen LogP contribution in [-0.2, 0) is 9.47 Å². The van der Waals surface area contributed by atoms with Crippen LogP contribution in [0, 0.1) is 5.82 Å². The molecule has 1 aromatic carbocycles. The van der Waals surface area contributed by atoms with Crippen molar-refractivity contribution in [3.8, 4) is 0 Å². The summed E-state index contributed by atoms with van der Waals surface area (Å²) in [4.78, 5) is 0. The quantitative estimate of drug-likeness (QED) is 0.893. The lowest BCUT2D eigenvalue weighted by molar-refractivity contribution is -0.110. The largest absolute Gasteiger partial charge is 0.381 e. The molecular formula is C14H20FNO2. The maximum atomic E-state index is 13.4. The van der Waals surface area contributed by atoms with E-state index in [0.717, 1.165) is 18.4 Å². The van der Waals surface area contributed by atoms with Gasteiger partial charge in [0.15, 0.2) is 0 Å². The smallest absolute Gasteiger partial charge is 0.123 e. The van der Waals surface area contributed by atoms with Gasteiger partial charge >= 0.3 is 0 Å². The monoisotopic (exact) mass is 253 g/mol. The lowest BCUT2D eigenvalue weighted by Crippen LogP contribution is -2.48. The Labute approximate surface area is 107 Å². The third-order valence-electron chi connectivity index (χ3n) is 3.74. The van der Waals surface area contributed by atoms with Crippen molar-refractivity contribution in [2.75, 3.05) is 27.4 Å². The van der Waals surface area contributed by atoms with Crippen LogP contribution in [0.25, 0.3) is 0 Å². The molecule has 0 aliphatic carbocycles. The summed E-state index contributed by atoms with van der Waals surface area (Å²) in [5.74, 6) is -0.217. The van der Waals surface area contributed by atoms with Gasteiger partial charge in [0.1, 0.15) is 5.82 Å². The Balaban J connectivity index is 2.31. The number of likely N-dealkylation sites (N-methyl/N-ethyl adjacent to an activating group) is 1. The topological polar surface area (TPSA) is 30.5 Å². The molecule has 1 saturated heterocycles. The van der Waals surface area contributed by atoms with E-state index in [2.05, 4.69) is 5.32 Å². The second-order valence-electron chi connectivity index (χ2n) is 4.66. The molecule has 2 rings (SSSR count). The maximum absolute atomic E-state index is 13.4. The molecule has 0 aromatic heterocycles. The molecule has 1 aliphatic heterocycles. The fourth-order valence-corrected chi connectivity index (χ4v) is 2.75. The number of benzene rings is 1. The summed E-state index contributed by atoms with van der Waals surface area (Å²) >= 11 is 0. The molecule has 3 nitrogen and oxygen atoms in total. The van der Waals surface area contributed by atoms with E-state index in [0.29, 0.717) is 13.2 Å². The van der Waals surface area contributed by atoms with Crippen LogP contribution < -0.4 is 5.32 Å². The molecule has 0 amide bonds. The van der Waals surface area contributed by atoms with E-state index >= 15 is 0 Å². The van der Waals surface area contributed by atoms with E-state index in [1.54, 1.807) is 19.2 Å². The van der Waals surface area contributed by atoms with Gasteiger partial charge in [-0.15, -0.1) is 0 Å². The number of hydrogen-bond acceptors (Lipinski definition) is 3. The zero-order chi connectivity index (χ0) is 13.0. The average Bonchev–Trinajstić information content (AvgIpc) is 2.41. The van der Waals surface area contributed by atoms with Crippen LogP contribution in [0.3, 0.4) is 0 Å². The summed E-state index contributed by atoms with van der Waals surface area (Å²) in [6.07, 6.45) is 1.62. The van der Waals surface area contributed by atoms with Crippen molar-refractivity contribution in [3.05, 3.63) is 35.6 Å². The fourth-order valence-electron chi connectivity index (χ4n) is 2.75. The van der Waals surface area contributed by atoms with Crippen LogP contribution in [0.5, 0.6) is 0 Å². The SMILES string of the molecule is CNC(c1cccc(F)c1)C1(OC)CCOCC1. The molecule has 1 fully saturated rings. The Bertz CT molecular complexity index is 391. The molecule has 1 aromatic rings. The van der Waals surface area contributed by atoms with Crippen LogP contribution in [0.1, 0.15) is 24.4 Å². The van der Waals surface area contributed by atoms with Gasteiger partial charge in [-0.3, -0.25) is 0 Å². The molecule has 1 heterocycles. The van der Waals surface area contributed by atoms with Crippen molar-refractivity contribution >= 4 is 0 Å². The van der Waals surface area contributed by atoms with Gasteiger partial charge in [0.05, 0.1) is 11.6 Å². The van der Waals surface area contributed by atoms with Crippen LogP contribution in [0.15, 0.2) is 24.3 Å². The van der Waals surface area contributed by atoms with Gasteiger partial charge in [-0.2, -0.15) is 0 Å². The highest BCUT2D eigenvalue weighted by atomic mass is 19.1. The first-order valence-electron chi connectivity index (χ1n) is 6.27. The van der Waals surface area contributed by atoms with Crippen LogP contribution in [0.4, 0.5) is 4.39 Å². The van der Waals surface area contributed by atoms with E-state index in [1.807, 2.05) is 13.1 Å². The Morgan fingerprint density at radius 2 is 2.11 bits per heavy atom. The van der Waals surface area contributed by atoms with Gasteiger partial charge < -0.3 is 14.8 Å². The van der Waals surface area contributed by atoms with Crippen LogP contribution in [0.2, 0.25) is 0 Å².